The Morgan fingerprint density at radius 1 is 1.15 bits per heavy atom. The van der Waals surface area contributed by atoms with Crippen LogP contribution in [0.1, 0.15) is 15.9 Å². The zero-order valence-corrected chi connectivity index (χ0v) is 11.8. The summed E-state index contributed by atoms with van der Waals surface area (Å²) >= 11 is 0. The van der Waals surface area contributed by atoms with Crippen LogP contribution in [0.25, 0.3) is 0 Å². The third kappa shape index (κ3) is 3.51. The number of hydrogen-bond donors (Lipinski definition) is 2. The molecule has 0 saturated carbocycles. The fourth-order valence-electron chi connectivity index (χ4n) is 1.91. The normalized spacial score (nSPS) is 10.1. The van der Waals surface area contributed by atoms with E-state index in [-0.39, 0.29) is 5.91 Å². The summed E-state index contributed by atoms with van der Waals surface area (Å²) in [6.45, 7) is 0.468. The van der Waals surface area contributed by atoms with Crippen LogP contribution in [0, 0.1) is 0 Å². The monoisotopic (exact) mass is 269 g/mol. The summed E-state index contributed by atoms with van der Waals surface area (Å²) in [5.74, 6) is -0.0869. The molecule has 4 nitrogen and oxygen atoms in total. The van der Waals surface area contributed by atoms with Crippen LogP contribution in [0.4, 0.5) is 11.4 Å². The van der Waals surface area contributed by atoms with Gasteiger partial charge in [-0.25, -0.2) is 0 Å². The molecule has 0 atom stereocenters. The quantitative estimate of drug-likeness (QED) is 0.837. The van der Waals surface area contributed by atoms with Gasteiger partial charge < -0.3 is 16.0 Å². The van der Waals surface area contributed by atoms with E-state index in [0.29, 0.717) is 17.8 Å². The molecule has 2 aromatic carbocycles. The molecule has 0 unspecified atom stereocenters. The molecule has 2 aromatic rings. The van der Waals surface area contributed by atoms with E-state index in [1.54, 1.807) is 0 Å². The molecule has 0 fully saturated rings. The van der Waals surface area contributed by atoms with Crippen LogP contribution in [0.5, 0.6) is 0 Å². The molecule has 0 aliphatic heterocycles. The average molecular weight is 269 g/mol. The fourth-order valence-corrected chi connectivity index (χ4v) is 1.91. The van der Waals surface area contributed by atoms with Gasteiger partial charge in [0.05, 0.1) is 0 Å². The van der Waals surface area contributed by atoms with Crippen LogP contribution in [0.2, 0.25) is 0 Å². The Morgan fingerprint density at radius 2 is 1.90 bits per heavy atom. The number of nitrogens with two attached hydrogens (primary N) is 1. The van der Waals surface area contributed by atoms with Crippen molar-refractivity contribution in [3.63, 3.8) is 0 Å². The van der Waals surface area contributed by atoms with E-state index in [4.69, 9.17) is 5.73 Å². The lowest BCUT2D eigenvalue weighted by Gasteiger charge is -2.13. The summed E-state index contributed by atoms with van der Waals surface area (Å²) in [6.07, 6.45) is 0. The van der Waals surface area contributed by atoms with E-state index < -0.39 is 0 Å². The second-order valence-electron chi connectivity index (χ2n) is 4.87. The van der Waals surface area contributed by atoms with Gasteiger partial charge in [0.2, 0.25) is 0 Å². The lowest BCUT2D eigenvalue weighted by atomic mass is 10.1. The van der Waals surface area contributed by atoms with E-state index in [0.717, 1.165) is 11.3 Å². The number of amides is 1. The number of carbonyl (C=O) groups is 1. The van der Waals surface area contributed by atoms with Crippen LogP contribution < -0.4 is 16.0 Å². The molecule has 0 radical (unpaired) electrons. The van der Waals surface area contributed by atoms with Crippen molar-refractivity contribution in [3.8, 4) is 0 Å². The minimum atomic E-state index is -0.0869. The first-order chi connectivity index (χ1) is 9.56. The lowest BCUT2D eigenvalue weighted by molar-refractivity contribution is 0.0951. The Labute approximate surface area is 119 Å². The molecule has 0 saturated heterocycles. The highest BCUT2D eigenvalue weighted by molar-refractivity contribution is 5.95. The zero-order valence-electron chi connectivity index (χ0n) is 11.8. The lowest BCUT2D eigenvalue weighted by Crippen LogP contribution is -2.23. The molecular weight excluding hydrogens is 250 g/mol. The van der Waals surface area contributed by atoms with Gasteiger partial charge in [-0.3, -0.25) is 4.79 Å². The van der Waals surface area contributed by atoms with Crippen LogP contribution in [0.15, 0.2) is 48.5 Å². The fraction of sp³-hybridized carbons (Fsp3) is 0.188. The number of nitrogen functional groups attached to an aromatic ring is 1. The maximum absolute atomic E-state index is 12.1. The third-order valence-electron chi connectivity index (χ3n) is 3.03. The SMILES string of the molecule is CN(C)c1cccc(C(=O)NCc2cccc(N)c2)c1. The maximum atomic E-state index is 12.1. The zero-order chi connectivity index (χ0) is 14.5. The third-order valence-corrected chi connectivity index (χ3v) is 3.03. The minimum Gasteiger partial charge on any atom is -0.399 e. The smallest absolute Gasteiger partial charge is 0.251 e. The van der Waals surface area contributed by atoms with Crippen LogP contribution in [-0.4, -0.2) is 20.0 Å². The summed E-state index contributed by atoms with van der Waals surface area (Å²) in [7, 11) is 3.90. The first-order valence-corrected chi connectivity index (χ1v) is 6.46. The van der Waals surface area contributed by atoms with Crippen LogP contribution >= 0.6 is 0 Å². The topological polar surface area (TPSA) is 58.4 Å². The van der Waals surface area contributed by atoms with Crippen molar-refractivity contribution in [2.24, 2.45) is 0 Å². The molecule has 2 rings (SSSR count). The number of rotatable bonds is 4. The summed E-state index contributed by atoms with van der Waals surface area (Å²) in [6, 6.07) is 15.0. The highest BCUT2D eigenvalue weighted by atomic mass is 16.1. The van der Waals surface area contributed by atoms with Crippen molar-refractivity contribution in [2.45, 2.75) is 6.54 Å². The van der Waals surface area contributed by atoms with E-state index >= 15 is 0 Å². The van der Waals surface area contributed by atoms with Gasteiger partial charge in [0.25, 0.3) is 5.91 Å². The van der Waals surface area contributed by atoms with Gasteiger partial charge in [0.1, 0.15) is 0 Å². The Morgan fingerprint density at radius 3 is 2.60 bits per heavy atom. The molecule has 0 heterocycles. The molecule has 4 heteroatoms. The molecule has 0 aromatic heterocycles. The van der Waals surface area contributed by atoms with Gasteiger partial charge >= 0.3 is 0 Å². The first-order valence-electron chi connectivity index (χ1n) is 6.46. The largest absolute Gasteiger partial charge is 0.399 e. The Balaban J connectivity index is 2.03. The molecule has 3 N–H and O–H groups in total. The molecular formula is C16H19N3O. The summed E-state index contributed by atoms with van der Waals surface area (Å²) in [4.78, 5) is 14.1. The maximum Gasteiger partial charge on any atom is 0.251 e. The van der Waals surface area contributed by atoms with Crippen LogP contribution in [-0.2, 0) is 6.54 Å². The first kappa shape index (κ1) is 13.9. The molecule has 1 amide bonds. The van der Waals surface area contributed by atoms with Crippen LogP contribution in [0.3, 0.4) is 0 Å². The van der Waals surface area contributed by atoms with Crippen molar-refractivity contribution in [1.29, 1.82) is 0 Å². The standard InChI is InChI=1S/C16H19N3O/c1-19(2)15-8-4-6-13(10-15)16(20)18-11-12-5-3-7-14(17)9-12/h3-10H,11,17H2,1-2H3,(H,18,20). The van der Waals surface area contributed by atoms with Gasteiger partial charge in [-0.1, -0.05) is 18.2 Å². The van der Waals surface area contributed by atoms with Gasteiger partial charge in [0.15, 0.2) is 0 Å². The molecule has 20 heavy (non-hydrogen) atoms. The Kier molecular flexibility index (Phi) is 4.25. The number of benzene rings is 2. The van der Waals surface area contributed by atoms with Crippen molar-refractivity contribution < 1.29 is 4.79 Å². The Bertz CT molecular complexity index is 608. The molecule has 0 bridgehead atoms. The number of carbonyl (C=O) groups excluding carboxylic acids is 1. The second-order valence-corrected chi connectivity index (χ2v) is 4.87. The Hall–Kier alpha value is -2.49. The van der Waals surface area contributed by atoms with Gasteiger partial charge in [-0.15, -0.1) is 0 Å². The number of anilines is 2. The summed E-state index contributed by atoms with van der Waals surface area (Å²) in [5, 5.41) is 2.90. The predicted octanol–water partition coefficient (Wildman–Crippen LogP) is 2.26. The highest BCUT2D eigenvalue weighted by Crippen LogP contribution is 2.13. The number of nitrogens with zero attached hydrogens (tertiary/aromatic N) is 1. The molecule has 104 valence electrons. The summed E-state index contributed by atoms with van der Waals surface area (Å²) < 4.78 is 0. The minimum absolute atomic E-state index is 0.0869. The van der Waals surface area contributed by atoms with Gasteiger partial charge in [-0.05, 0) is 35.9 Å². The average Bonchev–Trinajstić information content (AvgIpc) is 2.45. The number of nitrogens with one attached hydrogen (secondary N) is 1. The van der Waals surface area contributed by atoms with Gasteiger partial charge in [-0.2, -0.15) is 0 Å². The van der Waals surface area contributed by atoms with E-state index in [1.807, 2.05) is 67.5 Å². The predicted molar refractivity (Wildman–Crippen MR) is 82.8 cm³/mol. The van der Waals surface area contributed by atoms with Crippen molar-refractivity contribution in [3.05, 3.63) is 59.7 Å². The van der Waals surface area contributed by atoms with Crippen molar-refractivity contribution in [1.82, 2.24) is 5.32 Å². The highest BCUT2D eigenvalue weighted by Gasteiger charge is 2.06. The summed E-state index contributed by atoms with van der Waals surface area (Å²) in [5.41, 5.74) is 9.05. The second kappa shape index (κ2) is 6.10. The molecule has 0 spiro atoms. The van der Waals surface area contributed by atoms with Gasteiger partial charge in [0, 0.05) is 37.6 Å². The number of hydrogen-bond acceptors (Lipinski definition) is 3. The van der Waals surface area contributed by atoms with Crippen molar-refractivity contribution >= 4 is 17.3 Å². The molecule has 0 aliphatic rings. The van der Waals surface area contributed by atoms with Crippen molar-refractivity contribution in [2.75, 3.05) is 24.7 Å². The van der Waals surface area contributed by atoms with E-state index in [1.165, 1.54) is 0 Å². The van der Waals surface area contributed by atoms with E-state index in [2.05, 4.69) is 5.32 Å². The van der Waals surface area contributed by atoms with E-state index in [9.17, 15) is 4.79 Å². The molecule has 0 aliphatic carbocycles.